The van der Waals surface area contributed by atoms with Crippen LogP contribution in [0.5, 0.6) is 0 Å². The van der Waals surface area contributed by atoms with Gasteiger partial charge in [0, 0.05) is 57.8 Å². The van der Waals surface area contributed by atoms with Gasteiger partial charge in [-0.25, -0.2) is 0 Å². The van der Waals surface area contributed by atoms with Crippen LogP contribution in [-0.4, -0.2) is 4.57 Å². The number of furan rings is 1. The lowest BCUT2D eigenvalue weighted by Gasteiger charge is -2.24. The van der Waals surface area contributed by atoms with Crippen LogP contribution in [0.1, 0.15) is 30.5 Å². The zero-order chi connectivity index (χ0) is 39.7. The maximum Gasteiger partial charge on any atom is 0.220 e. The molecule has 6 heteroatoms. The van der Waals surface area contributed by atoms with E-state index in [4.69, 9.17) is 4.42 Å². The first-order chi connectivity index (χ1) is 29.5. The average Bonchev–Trinajstić information content (AvgIpc) is 4.11. The normalized spacial score (nSPS) is 13.7. The summed E-state index contributed by atoms with van der Waals surface area (Å²) < 4.78 is 14.3. The second kappa shape index (κ2) is 12.4. The van der Waals surface area contributed by atoms with Crippen LogP contribution < -0.4 is 13.6 Å². The Morgan fingerprint density at radius 2 is 1.38 bits per heavy atom. The van der Waals surface area contributed by atoms with E-state index in [0.29, 0.717) is 8.35 Å². The number of anilines is 3. The van der Waals surface area contributed by atoms with Crippen molar-refractivity contribution in [3.05, 3.63) is 199 Å². The summed E-state index contributed by atoms with van der Waals surface area (Å²) in [7, 11) is 0.472. The van der Waals surface area contributed by atoms with Gasteiger partial charge in [0.1, 0.15) is 14.1 Å². The highest BCUT2D eigenvalue weighted by Gasteiger charge is 2.37. The van der Waals surface area contributed by atoms with Gasteiger partial charge in [-0.2, -0.15) is 8.73 Å². The predicted molar refractivity (Wildman–Crippen MR) is 246 cm³/mol. The zero-order valence-electron chi connectivity index (χ0n) is 33.2. The first kappa shape index (κ1) is 33.7. The molecule has 0 N–H and O–H groups in total. The van der Waals surface area contributed by atoms with Crippen LogP contribution in [-0.2, 0) is 12.0 Å². The van der Waals surface area contributed by atoms with E-state index in [2.05, 4.69) is 214 Å². The second-order valence-electron chi connectivity index (χ2n) is 16.7. The van der Waals surface area contributed by atoms with Crippen LogP contribution in [0.3, 0.4) is 0 Å². The smallest absolute Gasteiger partial charge is 0.220 e. The molecule has 0 fully saturated rings. The topological polar surface area (TPSA) is 29.3 Å². The summed E-state index contributed by atoms with van der Waals surface area (Å²) in [5.41, 5.74) is 17.2. The first-order valence-corrected chi connectivity index (χ1v) is 21.7. The molecule has 11 aromatic rings. The van der Waals surface area contributed by atoms with Gasteiger partial charge in [-0.3, -0.25) is 4.90 Å². The molecule has 6 heterocycles. The first-order valence-electron chi connectivity index (χ1n) is 20.7. The van der Waals surface area contributed by atoms with Crippen LogP contribution in [0, 0.1) is 0 Å². The summed E-state index contributed by atoms with van der Waals surface area (Å²) in [6.45, 7) is 5.52. The minimum atomic E-state index is -0.0963. The summed E-state index contributed by atoms with van der Waals surface area (Å²) >= 11 is 0. The lowest BCUT2D eigenvalue weighted by Crippen LogP contribution is -2.31. The molecule has 0 spiro atoms. The molecule has 0 saturated carbocycles. The van der Waals surface area contributed by atoms with Gasteiger partial charge in [-0.15, -0.1) is 0 Å². The molecular formula is C54H39N4OP+2. The van der Waals surface area contributed by atoms with Crippen LogP contribution >= 0.6 is 8.35 Å². The van der Waals surface area contributed by atoms with Gasteiger partial charge < -0.3 is 8.98 Å². The largest absolute Gasteiger partial charge is 0.440 e. The molecule has 60 heavy (non-hydrogen) atoms. The maximum absolute atomic E-state index is 7.12. The van der Waals surface area contributed by atoms with Crippen molar-refractivity contribution in [2.24, 2.45) is 0 Å². The van der Waals surface area contributed by atoms with E-state index in [9.17, 15) is 0 Å². The number of nitrogens with zero attached hydrogens (tertiary/aromatic N) is 4. The van der Waals surface area contributed by atoms with Crippen LogP contribution in [0.15, 0.2) is 187 Å². The van der Waals surface area contributed by atoms with Crippen molar-refractivity contribution < 1.29 is 13.1 Å². The molecule has 13 rings (SSSR count). The van der Waals surface area contributed by atoms with E-state index in [1.165, 1.54) is 76.9 Å². The van der Waals surface area contributed by atoms with E-state index in [-0.39, 0.29) is 5.41 Å². The predicted octanol–water partition coefficient (Wildman–Crippen LogP) is 13.1. The molecule has 0 amide bonds. The molecule has 0 radical (unpaired) electrons. The van der Waals surface area contributed by atoms with E-state index in [0.717, 1.165) is 40.8 Å². The summed E-state index contributed by atoms with van der Waals surface area (Å²) in [5, 5.41) is 5.03. The van der Waals surface area contributed by atoms with Crippen LogP contribution in [0.2, 0.25) is 0 Å². The van der Waals surface area contributed by atoms with Crippen LogP contribution in [0.4, 0.5) is 17.3 Å². The van der Waals surface area contributed by atoms with Crippen molar-refractivity contribution in [3.8, 4) is 39.4 Å². The second-order valence-corrected chi connectivity index (χ2v) is 18.0. The van der Waals surface area contributed by atoms with Gasteiger partial charge in [0.05, 0.1) is 44.0 Å². The zero-order valence-corrected chi connectivity index (χ0v) is 34.2. The number of rotatable bonds is 5. The average molecular weight is 791 g/mol. The number of hydrogen-bond donors (Lipinski definition) is 0. The number of benzene rings is 6. The fraction of sp³-hybridized carbons (Fsp3) is 0.0741. The molecular weight excluding hydrogens is 752 g/mol. The lowest BCUT2D eigenvalue weighted by atomic mass is 9.82. The molecule has 1 unspecified atom stereocenters. The Hall–Kier alpha value is -7.20. The standard InChI is InChI=1S/C54H39N4OP/c1-54(2)43-19-7-6-16-36(43)39-31-41-40-30-34(24-25-48(40)57(50(41)32-44(39)54)35-14-4-3-5-15-35)51-26-27-52(59-51)58(47-22-12-17-37-42(47)33-55-28-10-8-20-45(37)55)49-23-13-18-38-46-21-9-11-29-56(46)60-53(38)49/h3-32,60H,33H2,1-2H3/q+2. The summed E-state index contributed by atoms with van der Waals surface area (Å²) in [4.78, 5) is 2.37. The summed E-state index contributed by atoms with van der Waals surface area (Å²) in [6.07, 6.45) is 4.38. The van der Waals surface area contributed by atoms with Crippen molar-refractivity contribution >= 4 is 63.4 Å². The molecule has 0 saturated heterocycles. The van der Waals surface area contributed by atoms with Crippen molar-refractivity contribution in [1.29, 1.82) is 0 Å². The highest BCUT2D eigenvalue weighted by Crippen LogP contribution is 2.52. The lowest BCUT2D eigenvalue weighted by molar-refractivity contribution is -0.672. The number of para-hydroxylation sites is 1. The number of pyridine rings is 2. The van der Waals surface area contributed by atoms with E-state index in [1.54, 1.807) is 0 Å². The summed E-state index contributed by atoms with van der Waals surface area (Å²) in [6, 6.07) is 62.1. The van der Waals surface area contributed by atoms with E-state index >= 15 is 0 Å². The fourth-order valence-electron chi connectivity index (χ4n) is 10.3. The minimum Gasteiger partial charge on any atom is -0.440 e. The van der Waals surface area contributed by atoms with Crippen LogP contribution in [0.25, 0.3) is 77.2 Å². The van der Waals surface area contributed by atoms with Gasteiger partial charge in [0.15, 0.2) is 18.9 Å². The Labute approximate surface area is 348 Å². The Morgan fingerprint density at radius 3 is 2.32 bits per heavy atom. The van der Waals surface area contributed by atoms with Gasteiger partial charge in [0.2, 0.25) is 17.1 Å². The van der Waals surface area contributed by atoms with Gasteiger partial charge >= 0.3 is 0 Å². The molecule has 5 aromatic heterocycles. The van der Waals surface area contributed by atoms with Gasteiger partial charge in [-0.05, 0) is 107 Å². The molecule has 0 bridgehead atoms. The Balaban J connectivity index is 1.01. The Morgan fingerprint density at radius 1 is 0.600 bits per heavy atom. The van der Waals surface area contributed by atoms with Crippen molar-refractivity contribution in [1.82, 2.24) is 4.57 Å². The molecule has 2 aliphatic rings. The van der Waals surface area contributed by atoms with E-state index in [1.807, 2.05) is 0 Å². The third-order valence-electron chi connectivity index (χ3n) is 13.2. The van der Waals surface area contributed by atoms with Gasteiger partial charge in [0.25, 0.3) is 0 Å². The SMILES string of the molecule is CC1(C)c2ccccc2-c2cc3c4cc(-c5ccc(N(c6cccc7c6C[n+]6ccccc6-7)c6cccc7c6[pH][n+]6ccccc76)o5)ccc4n(-c4ccccc4)c3cc21. The number of fused-ring (bicyclic) bond motifs is 12. The molecule has 5 nitrogen and oxygen atoms in total. The maximum atomic E-state index is 7.12. The third kappa shape index (κ3) is 4.70. The highest BCUT2D eigenvalue weighted by atomic mass is 31.0. The third-order valence-corrected chi connectivity index (χ3v) is 14.5. The summed E-state index contributed by atoms with van der Waals surface area (Å²) in [5.74, 6) is 1.63. The van der Waals surface area contributed by atoms with E-state index < -0.39 is 0 Å². The Bertz CT molecular complexity index is 3570. The monoisotopic (exact) mass is 790 g/mol. The van der Waals surface area contributed by atoms with Crippen molar-refractivity contribution in [2.45, 2.75) is 25.8 Å². The van der Waals surface area contributed by atoms with Crippen molar-refractivity contribution in [2.75, 3.05) is 4.90 Å². The molecule has 284 valence electrons. The number of hydrogen-bond acceptors (Lipinski definition) is 2. The minimum absolute atomic E-state index is 0.0963. The molecule has 1 aliphatic heterocycles. The highest BCUT2D eigenvalue weighted by molar-refractivity contribution is 7.30. The fourth-order valence-corrected chi connectivity index (χ4v) is 11.7. The quantitative estimate of drug-likeness (QED) is 0.163. The molecule has 1 aliphatic carbocycles. The Kier molecular flexibility index (Phi) is 6.98. The van der Waals surface area contributed by atoms with Gasteiger partial charge in [-0.1, -0.05) is 68.4 Å². The van der Waals surface area contributed by atoms with Crippen molar-refractivity contribution in [3.63, 3.8) is 0 Å². The molecule has 6 aromatic carbocycles. The number of aromatic nitrogens is 3. The molecule has 1 atom stereocenters.